The second-order valence-corrected chi connectivity index (χ2v) is 4.55. The van der Waals surface area contributed by atoms with Crippen LogP contribution in [-0.4, -0.2) is 23.6 Å². The van der Waals surface area contributed by atoms with Crippen LogP contribution in [-0.2, 0) is 6.54 Å². The number of nitrogens with zero attached hydrogens (tertiary/aromatic N) is 3. The summed E-state index contributed by atoms with van der Waals surface area (Å²) in [5.74, 6) is 2.61. The van der Waals surface area contributed by atoms with Crippen LogP contribution in [0, 0.1) is 6.92 Å². The number of nitrogens with one attached hydrogen (secondary N) is 1. The lowest BCUT2D eigenvalue weighted by atomic mass is 10.2. The highest BCUT2D eigenvalue weighted by Gasteiger charge is 2.08. The lowest BCUT2D eigenvalue weighted by Gasteiger charge is -2.18. The van der Waals surface area contributed by atoms with Crippen molar-refractivity contribution in [2.75, 3.05) is 23.8 Å². The molecule has 0 aliphatic carbocycles. The fourth-order valence-corrected chi connectivity index (χ4v) is 1.79. The number of hydrogen-bond acceptors (Lipinski definition) is 5. The van der Waals surface area contributed by atoms with Crippen LogP contribution < -0.4 is 10.2 Å². The van der Waals surface area contributed by atoms with E-state index in [4.69, 9.17) is 4.42 Å². The Bertz CT molecular complexity index is 524. The standard InChI is InChI=1S/C14H20N4O/c1-4-6-16-13-8-15-9-14(17-13)18(3)10-12-5-7-19-11(12)2/h5,7-9H,4,6,10H2,1-3H3,(H,16,17). The van der Waals surface area contributed by atoms with Gasteiger partial charge in [0, 0.05) is 25.7 Å². The van der Waals surface area contributed by atoms with E-state index in [0.29, 0.717) is 0 Å². The van der Waals surface area contributed by atoms with Crippen molar-refractivity contribution in [3.05, 3.63) is 36.0 Å². The van der Waals surface area contributed by atoms with E-state index in [9.17, 15) is 0 Å². The maximum absolute atomic E-state index is 5.30. The van der Waals surface area contributed by atoms with E-state index in [1.54, 1.807) is 18.7 Å². The molecule has 0 unspecified atom stereocenters. The Balaban J connectivity index is 2.06. The molecular weight excluding hydrogens is 240 g/mol. The Morgan fingerprint density at radius 3 is 2.89 bits per heavy atom. The molecule has 0 bridgehead atoms. The molecule has 0 aliphatic heterocycles. The van der Waals surface area contributed by atoms with E-state index in [-0.39, 0.29) is 0 Å². The van der Waals surface area contributed by atoms with Crippen LogP contribution in [0.4, 0.5) is 11.6 Å². The Morgan fingerprint density at radius 1 is 1.37 bits per heavy atom. The molecule has 0 aromatic carbocycles. The van der Waals surface area contributed by atoms with Gasteiger partial charge in [-0.15, -0.1) is 0 Å². The van der Waals surface area contributed by atoms with Crippen molar-refractivity contribution in [2.45, 2.75) is 26.8 Å². The Hall–Kier alpha value is -2.04. The van der Waals surface area contributed by atoms with Gasteiger partial charge >= 0.3 is 0 Å². The van der Waals surface area contributed by atoms with E-state index in [1.165, 1.54) is 0 Å². The third-order valence-electron chi connectivity index (χ3n) is 2.94. The summed E-state index contributed by atoms with van der Waals surface area (Å²) < 4.78 is 5.30. The zero-order valence-electron chi connectivity index (χ0n) is 11.7. The fourth-order valence-electron chi connectivity index (χ4n) is 1.79. The van der Waals surface area contributed by atoms with Crippen LogP contribution in [0.3, 0.4) is 0 Å². The van der Waals surface area contributed by atoms with Gasteiger partial charge in [-0.2, -0.15) is 0 Å². The molecule has 5 nitrogen and oxygen atoms in total. The molecule has 19 heavy (non-hydrogen) atoms. The van der Waals surface area contributed by atoms with E-state index in [2.05, 4.69) is 27.1 Å². The van der Waals surface area contributed by atoms with Crippen molar-refractivity contribution in [2.24, 2.45) is 0 Å². The van der Waals surface area contributed by atoms with E-state index in [1.807, 2.05) is 20.0 Å². The molecule has 1 N–H and O–H groups in total. The Kier molecular flexibility index (Phi) is 4.39. The normalized spacial score (nSPS) is 10.5. The summed E-state index contributed by atoms with van der Waals surface area (Å²) in [7, 11) is 2.00. The molecule has 2 rings (SSSR count). The summed E-state index contributed by atoms with van der Waals surface area (Å²) in [6.45, 7) is 5.75. The molecular formula is C14H20N4O. The van der Waals surface area contributed by atoms with Crippen molar-refractivity contribution in [3.8, 4) is 0 Å². The minimum Gasteiger partial charge on any atom is -0.469 e. The summed E-state index contributed by atoms with van der Waals surface area (Å²) in [5, 5.41) is 3.24. The molecule has 0 spiro atoms. The first kappa shape index (κ1) is 13.4. The van der Waals surface area contributed by atoms with Gasteiger partial charge in [-0.3, -0.25) is 4.98 Å². The van der Waals surface area contributed by atoms with Crippen molar-refractivity contribution in [1.82, 2.24) is 9.97 Å². The van der Waals surface area contributed by atoms with Crippen LogP contribution in [0.25, 0.3) is 0 Å². The van der Waals surface area contributed by atoms with Gasteiger partial charge in [0.25, 0.3) is 0 Å². The molecule has 2 aromatic rings. The van der Waals surface area contributed by atoms with Gasteiger partial charge < -0.3 is 14.6 Å². The van der Waals surface area contributed by atoms with Gasteiger partial charge in [0.1, 0.15) is 17.4 Å². The summed E-state index contributed by atoms with van der Waals surface area (Å²) in [6.07, 6.45) is 6.29. The number of rotatable bonds is 6. The molecule has 0 amide bonds. The van der Waals surface area contributed by atoms with Crippen LogP contribution in [0.2, 0.25) is 0 Å². The summed E-state index contributed by atoms with van der Waals surface area (Å²) in [6, 6.07) is 1.98. The lowest BCUT2D eigenvalue weighted by molar-refractivity contribution is 0.529. The summed E-state index contributed by atoms with van der Waals surface area (Å²) in [5.41, 5.74) is 1.16. The average Bonchev–Trinajstić information content (AvgIpc) is 2.82. The molecule has 0 radical (unpaired) electrons. The van der Waals surface area contributed by atoms with Crippen LogP contribution >= 0.6 is 0 Å². The molecule has 0 atom stereocenters. The predicted molar refractivity (Wildman–Crippen MR) is 76.4 cm³/mol. The second-order valence-electron chi connectivity index (χ2n) is 4.55. The van der Waals surface area contributed by atoms with Crippen molar-refractivity contribution < 1.29 is 4.42 Å². The largest absolute Gasteiger partial charge is 0.469 e. The highest BCUT2D eigenvalue weighted by atomic mass is 16.3. The smallest absolute Gasteiger partial charge is 0.149 e. The topological polar surface area (TPSA) is 54.2 Å². The minimum atomic E-state index is 0.758. The summed E-state index contributed by atoms with van der Waals surface area (Å²) >= 11 is 0. The van der Waals surface area contributed by atoms with E-state index in [0.717, 1.165) is 42.5 Å². The zero-order valence-corrected chi connectivity index (χ0v) is 11.7. The maximum Gasteiger partial charge on any atom is 0.149 e. The summed E-state index contributed by atoms with van der Waals surface area (Å²) in [4.78, 5) is 10.8. The monoisotopic (exact) mass is 260 g/mol. The molecule has 2 aromatic heterocycles. The molecule has 0 saturated heterocycles. The predicted octanol–water partition coefficient (Wildman–Crippen LogP) is 2.84. The average molecular weight is 260 g/mol. The van der Waals surface area contributed by atoms with Crippen molar-refractivity contribution >= 4 is 11.6 Å². The second kappa shape index (κ2) is 6.22. The maximum atomic E-state index is 5.30. The van der Waals surface area contributed by atoms with Crippen molar-refractivity contribution in [1.29, 1.82) is 0 Å². The number of anilines is 2. The Labute approximate surface area is 113 Å². The van der Waals surface area contributed by atoms with Crippen LogP contribution in [0.1, 0.15) is 24.7 Å². The van der Waals surface area contributed by atoms with Gasteiger partial charge in [0.05, 0.1) is 18.7 Å². The first-order valence-corrected chi connectivity index (χ1v) is 6.50. The zero-order chi connectivity index (χ0) is 13.7. The molecule has 2 heterocycles. The third-order valence-corrected chi connectivity index (χ3v) is 2.94. The fraction of sp³-hybridized carbons (Fsp3) is 0.429. The first-order chi connectivity index (χ1) is 9.20. The molecule has 0 fully saturated rings. The molecule has 0 saturated carbocycles. The van der Waals surface area contributed by atoms with Crippen molar-refractivity contribution in [3.63, 3.8) is 0 Å². The molecule has 5 heteroatoms. The van der Waals surface area contributed by atoms with E-state index < -0.39 is 0 Å². The lowest BCUT2D eigenvalue weighted by Crippen LogP contribution is -2.18. The Morgan fingerprint density at radius 2 is 2.21 bits per heavy atom. The minimum absolute atomic E-state index is 0.758. The quantitative estimate of drug-likeness (QED) is 0.865. The number of aryl methyl sites for hydroxylation is 1. The number of hydrogen-bond donors (Lipinski definition) is 1. The van der Waals surface area contributed by atoms with Gasteiger partial charge in [-0.05, 0) is 19.4 Å². The molecule has 0 aliphatic rings. The van der Waals surface area contributed by atoms with E-state index >= 15 is 0 Å². The van der Waals surface area contributed by atoms with Gasteiger partial charge in [-0.1, -0.05) is 6.92 Å². The van der Waals surface area contributed by atoms with Gasteiger partial charge in [-0.25, -0.2) is 4.98 Å². The molecule has 102 valence electrons. The number of aromatic nitrogens is 2. The first-order valence-electron chi connectivity index (χ1n) is 6.50. The van der Waals surface area contributed by atoms with Gasteiger partial charge in [0.15, 0.2) is 0 Å². The SMILES string of the molecule is CCCNc1cncc(N(C)Cc2ccoc2C)n1. The van der Waals surface area contributed by atoms with Gasteiger partial charge in [0.2, 0.25) is 0 Å². The number of furan rings is 1. The van der Waals surface area contributed by atoms with Crippen LogP contribution in [0.5, 0.6) is 0 Å². The third kappa shape index (κ3) is 3.47. The highest BCUT2D eigenvalue weighted by molar-refractivity contribution is 5.43. The van der Waals surface area contributed by atoms with Crippen LogP contribution in [0.15, 0.2) is 29.1 Å². The highest BCUT2D eigenvalue weighted by Crippen LogP contribution is 2.16.